The van der Waals surface area contributed by atoms with Crippen molar-refractivity contribution in [3.63, 3.8) is 0 Å². The van der Waals surface area contributed by atoms with E-state index in [4.69, 9.17) is 9.47 Å². The number of methoxy groups -OCH3 is 1. The third kappa shape index (κ3) is 7.81. The van der Waals surface area contributed by atoms with Crippen molar-refractivity contribution in [1.29, 1.82) is 0 Å². The van der Waals surface area contributed by atoms with Gasteiger partial charge in [0.25, 0.3) is 5.91 Å². The monoisotopic (exact) mass is 454 g/mol. The predicted octanol–water partition coefficient (Wildman–Crippen LogP) is 4.71. The number of hydrogen-bond donors (Lipinski definition) is 1. The molecule has 0 saturated carbocycles. The Morgan fingerprint density at radius 2 is 1.73 bits per heavy atom. The van der Waals surface area contributed by atoms with Gasteiger partial charge in [-0.3, -0.25) is 9.59 Å². The molecule has 6 heteroatoms. The Balaban J connectivity index is 2.19. The zero-order valence-corrected chi connectivity index (χ0v) is 20.8. The molecule has 180 valence electrons. The second kappa shape index (κ2) is 12.3. The molecule has 1 atom stereocenters. The topological polar surface area (TPSA) is 67.9 Å². The van der Waals surface area contributed by atoms with Crippen LogP contribution in [0, 0.1) is 0 Å². The average molecular weight is 455 g/mol. The normalized spacial score (nSPS) is 12.1. The molecule has 0 radical (unpaired) electrons. The number of rotatable bonds is 11. The van der Waals surface area contributed by atoms with Crippen molar-refractivity contribution < 1.29 is 19.1 Å². The summed E-state index contributed by atoms with van der Waals surface area (Å²) in [6, 6.07) is 14.7. The molecule has 0 spiro atoms. The fraction of sp³-hybridized carbons (Fsp3) is 0.481. The van der Waals surface area contributed by atoms with Crippen LogP contribution in [0.25, 0.3) is 0 Å². The lowest BCUT2D eigenvalue weighted by atomic mass is 9.87. The van der Waals surface area contributed by atoms with E-state index in [-0.39, 0.29) is 23.8 Å². The number of benzene rings is 2. The van der Waals surface area contributed by atoms with Crippen molar-refractivity contribution in [3.8, 4) is 11.5 Å². The van der Waals surface area contributed by atoms with Crippen LogP contribution in [0.4, 0.5) is 0 Å². The highest BCUT2D eigenvalue weighted by atomic mass is 16.5. The van der Waals surface area contributed by atoms with Gasteiger partial charge in [0.05, 0.1) is 7.11 Å². The zero-order valence-electron chi connectivity index (χ0n) is 20.8. The van der Waals surface area contributed by atoms with E-state index in [2.05, 4.69) is 26.1 Å². The quantitative estimate of drug-likeness (QED) is 0.534. The highest BCUT2D eigenvalue weighted by molar-refractivity contribution is 5.88. The minimum Gasteiger partial charge on any atom is -0.497 e. The van der Waals surface area contributed by atoms with Crippen LogP contribution in [0.5, 0.6) is 11.5 Å². The van der Waals surface area contributed by atoms with Gasteiger partial charge in [0.1, 0.15) is 17.5 Å². The number of hydrogen-bond acceptors (Lipinski definition) is 4. The minimum atomic E-state index is -0.581. The van der Waals surface area contributed by atoms with Gasteiger partial charge in [-0.15, -0.1) is 0 Å². The number of nitrogens with one attached hydrogen (secondary N) is 1. The van der Waals surface area contributed by atoms with E-state index in [1.807, 2.05) is 62.4 Å². The largest absolute Gasteiger partial charge is 0.497 e. The van der Waals surface area contributed by atoms with E-state index in [0.717, 1.165) is 12.0 Å². The third-order valence-electron chi connectivity index (χ3n) is 5.50. The molecular formula is C27H38N2O4. The summed E-state index contributed by atoms with van der Waals surface area (Å²) in [4.78, 5) is 27.7. The first-order chi connectivity index (χ1) is 15.7. The van der Waals surface area contributed by atoms with Gasteiger partial charge in [-0.05, 0) is 53.6 Å². The molecule has 6 nitrogen and oxygen atoms in total. The fourth-order valence-corrected chi connectivity index (χ4v) is 3.53. The van der Waals surface area contributed by atoms with Crippen molar-refractivity contribution in [3.05, 3.63) is 59.7 Å². The van der Waals surface area contributed by atoms with Crippen LogP contribution in [0.1, 0.15) is 58.6 Å². The number of amides is 2. The van der Waals surface area contributed by atoms with Gasteiger partial charge in [0, 0.05) is 13.1 Å². The fourth-order valence-electron chi connectivity index (χ4n) is 3.53. The SMILES string of the molecule is CCCNC(=O)[C@@H](CC)N(Cc1cccc(OC)c1)C(=O)COc1ccc(C(C)(C)C)cc1. The third-order valence-corrected chi connectivity index (χ3v) is 5.50. The lowest BCUT2D eigenvalue weighted by Crippen LogP contribution is -2.50. The van der Waals surface area contributed by atoms with Crippen LogP contribution < -0.4 is 14.8 Å². The first-order valence-electron chi connectivity index (χ1n) is 11.6. The van der Waals surface area contributed by atoms with E-state index in [0.29, 0.717) is 31.0 Å². The van der Waals surface area contributed by atoms with Crippen LogP contribution in [-0.2, 0) is 21.5 Å². The second-order valence-corrected chi connectivity index (χ2v) is 9.15. The molecule has 2 aromatic carbocycles. The average Bonchev–Trinajstić information content (AvgIpc) is 2.80. The van der Waals surface area contributed by atoms with Crippen LogP contribution in [-0.4, -0.2) is 43.0 Å². The van der Waals surface area contributed by atoms with Gasteiger partial charge in [-0.1, -0.05) is 58.9 Å². The highest BCUT2D eigenvalue weighted by Crippen LogP contribution is 2.24. The number of carbonyl (C=O) groups excluding carboxylic acids is 2. The lowest BCUT2D eigenvalue weighted by molar-refractivity contribution is -0.143. The van der Waals surface area contributed by atoms with Crippen molar-refractivity contribution in [1.82, 2.24) is 10.2 Å². The molecular weight excluding hydrogens is 416 g/mol. The maximum atomic E-state index is 13.3. The summed E-state index contributed by atoms with van der Waals surface area (Å²) >= 11 is 0. The molecule has 0 aromatic heterocycles. The zero-order chi connectivity index (χ0) is 24.4. The van der Waals surface area contributed by atoms with Gasteiger partial charge >= 0.3 is 0 Å². The van der Waals surface area contributed by atoms with Gasteiger partial charge in [-0.2, -0.15) is 0 Å². The summed E-state index contributed by atoms with van der Waals surface area (Å²) in [5.74, 6) is 0.945. The summed E-state index contributed by atoms with van der Waals surface area (Å²) in [6.07, 6.45) is 1.34. The highest BCUT2D eigenvalue weighted by Gasteiger charge is 2.29. The smallest absolute Gasteiger partial charge is 0.261 e. The van der Waals surface area contributed by atoms with Crippen LogP contribution in [0.15, 0.2) is 48.5 Å². The van der Waals surface area contributed by atoms with E-state index in [1.54, 1.807) is 12.0 Å². The molecule has 33 heavy (non-hydrogen) atoms. The van der Waals surface area contributed by atoms with Gasteiger partial charge in [-0.25, -0.2) is 0 Å². The second-order valence-electron chi connectivity index (χ2n) is 9.15. The van der Waals surface area contributed by atoms with E-state index >= 15 is 0 Å². The van der Waals surface area contributed by atoms with Gasteiger partial charge < -0.3 is 19.7 Å². The number of ether oxygens (including phenoxy) is 2. The summed E-state index contributed by atoms with van der Waals surface area (Å²) in [7, 11) is 1.61. The lowest BCUT2D eigenvalue weighted by Gasteiger charge is -2.30. The molecule has 0 fully saturated rings. The van der Waals surface area contributed by atoms with Gasteiger partial charge in [0.2, 0.25) is 5.91 Å². The number of nitrogens with zero attached hydrogens (tertiary/aromatic N) is 1. The van der Waals surface area contributed by atoms with E-state index in [9.17, 15) is 9.59 Å². The summed E-state index contributed by atoms with van der Waals surface area (Å²) < 4.78 is 11.1. The molecule has 0 bridgehead atoms. The standard InChI is InChI=1S/C27H38N2O4/c1-7-16-28-26(31)24(8-2)29(18-20-10-9-11-23(17-20)32-6)25(30)19-33-22-14-12-21(13-15-22)27(3,4)5/h9-15,17,24H,7-8,16,18-19H2,1-6H3,(H,28,31)/t24-/m1/s1. The molecule has 2 aromatic rings. The minimum absolute atomic E-state index is 0.0437. The Bertz CT molecular complexity index is 903. The molecule has 0 unspecified atom stereocenters. The summed E-state index contributed by atoms with van der Waals surface area (Å²) in [5, 5.41) is 2.92. The molecule has 0 aliphatic heterocycles. The Hall–Kier alpha value is -3.02. The van der Waals surface area contributed by atoms with E-state index < -0.39 is 6.04 Å². The Labute approximate surface area is 198 Å². The van der Waals surface area contributed by atoms with Crippen molar-refractivity contribution >= 4 is 11.8 Å². The maximum absolute atomic E-state index is 13.3. The molecule has 1 N–H and O–H groups in total. The van der Waals surface area contributed by atoms with Crippen LogP contribution in [0.2, 0.25) is 0 Å². The van der Waals surface area contributed by atoms with Crippen molar-refractivity contribution in [2.75, 3.05) is 20.3 Å². The Kier molecular flexibility index (Phi) is 9.76. The Morgan fingerprint density at radius 1 is 1.03 bits per heavy atom. The molecule has 0 aliphatic carbocycles. The Morgan fingerprint density at radius 3 is 2.30 bits per heavy atom. The molecule has 2 amide bonds. The molecule has 0 aliphatic rings. The van der Waals surface area contributed by atoms with Crippen LogP contribution >= 0.6 is 0 Å². The summed E-state index contributed by atoms with van der Waals surface area (Å²) in [5.41, 5.74) is 2.13. The summed E-state index contributed by atoms with van der Waals surface area (Å²) in [6.45, 7) is 11.1. The predicted molar refractivity (Wildman–Crippen MR) is 132 cm³/mol. The first kappa shape index (κ1) is 26.2. The van der Waals surface area contributed by atoms with Crippen molar-refractivity contribution in [2.45, 2.75) is 65.5 Å². The van der Waals surface area contributed by atoms with Gasteiger partial charge in [0.15, 0.2) is 6.61 Å². The molecule has 2 rings (SSSR count). The van der Waals surface area contributed by atoms with Crippen LogP contribution in [0.3, 0.4) is 0 Å². The van der Waals surface area contributed by atoms with Crippen molar-refractivity contribution in [2.24, 2.45) is 0 Å². The van der Waals surface area contributed by atoms with E-state index in [1.165, 1.54) is 5.56 Å². The molecule has 0 saturated heterocycles. The molecule has 0 heterocycles. The maximum Gasteiger partial charge on any atom is 0.261 e. The number of carbonyl (C=O) groups is 2. The first-order valence-corrected chi connectivity index (χ1v) is 11.6.